The Bertz CT molecular complexity index is 1010. The van der Waals surface area contributed by atoms with E-state index in [0.29, 0.717) is 17.5 Å². The van der Waals surface area contributed by atoms with E-state index in [1.807, 2.05) is 61.5 Å². The number of ether oxygens (including phenoxy) is 1. The second-order valence-corrected chi connectivity index (χ2v) is 6.65. The molecule has 1 aliphatic heterocycles. The Balaban J connectivity index is 1.60. The maximum absolute atomic E-state index is 12.7. The second-order valence-electron chi connectivity index (χ2n) is 6.65. The minimum Gasteiger partial charge on any atom is -0.454 e. The van der Waals surface area contributed by atoms with Crippen LogP contribution in [0.3, 0.4) is 0 Å². The van der Waals surface area contributed by atoms with Crippen LogP contribution < -0.4 is 5.32 Å². The van der Waals surface area contributed by atoms with E-state index in [9.17, 15) is 9.59 Å². The van der Waals surface area contributed by atoms with Gasteiger partial charge in [-0.15, -0.1) is 0 Å². The second kappa shape index (κ2) is 7.08. The molecule has 0 aromatic heterocycles. The number of cyclic esters (lactones) is 1. The molecular formula is C23H19NO3. The average molecular weight is 357 g/mol. The number of aryl methyl sites for hydroxylation is 1. The molecule has 1 N–H and O–H groups in total. The van der Waals surface area contributed by atoms with E-state index in [4.69, 9.17) is 4.74 Å². The number of rotatable bonds is 3. The number of hydrogen-bond donors (Lipinski definition) is 1. The molecular weight excluding hydrogens is 338 g/mol. The molecule has 4 nitrogen and oxygen atoms in total. The van der Waals surface area contributed by atoms with Crippen molar-refractivity contribution in [3.8, 4) is 0 Å². The van der Waals surface area contributed by atoms with Crippen molar-refractivity contribution < 1.29 is 14.3 Å². The summed E-state index contributed by atoms with van der Waals surface area (Å²) in [5.41, 5.74) is 4.61. The largest absolute Gasteiger partial charge is 0.454 e. The first-order valence-electron chi connectivity index (χ1n) is 8.87. The summed E-state index contributed by atoms with van der Waals surface area (Å²) in [6, 6.07) is 22.4. The van der Waals surface area contributed by atoms with Crippen molar-refractivity contribution in [3.05, 3.63) is 101 Å². The first-order valence-corrected chi connectivity index (χ1v) is 8.87. The predicted molar refractivity (Wildman–Crippen MR) is 104 cm³/mol. The van der Waals surface area contributed by atoms with Gasteiger partial charge in [0.15, 0.2) is 0 Å². The fourth-order valence-electron chi connectivity index (χ4n) is 3.30. The van der Waals surface area contributed by atoms with Gasteiger partial charge in [-0.1, -0.05) is 48.5 Å². The van der Waals surface area contributed by atoms with Crippen LogP contribution in [0, 0.1) is 6.92 Å². The molecule has 0 fully saturated rings. The summed E-state index contributed by atoms with van der Waals surface area (Å²) >= 11 is 0. The summed E-state index contributed by atoms with van der Waals surface area (Å²) in [5.74, 6) is -0.543. The van der Waals surface area contributed by atoms with Gasteiger partial charge in [0, 0.05) is 17.7 Å². The molecule has 1 heterocycles. The van der Waals surface area contributed by atoms with E-state index in [2.05, 4.69) is 5.32 Å². The summed E-state index contributed by atoms with van der Waals surface area (Å²) in [5, 5.41) is 2.93. The van der Waals surface area contributed by atoms with Gasteiger partial charge in [0.2, 0.25) is 0 Å². The Kier molecular flexibility index (Phi) is 4.47. The quantitative estimate of drug-likeness (QED) is 0.691. The van der Waals surface area contributed by atoms with Crippen molar-refractivity contribution in [2.45, 2.75) is 19.4 Å². The zero-order valence-electron chi connectivity index (χ0n) is 14.9. The van der Waals surface area contributed by atoms with Gasteiger partial charge < -0.3 is 10.1 Å². The Morgan fingerprint density at radius 2 is 1.74 bits per heavy atom. The van der Waals surface area contributed by atoms with Gasteiger partial charge >= 0.3 is 5.97 Å². The molecule has 1 aliphatic rings. The van der Waals surface area contributed by atoms with E-state index in [-0.39, 0.29) is 18.0 Å². The Labute approximate surface area is 157 Å². The van der Waals surface area contributed by atoms with Crippen molar-refractivity contribution >= 4 is 17.6 Å². The number of anilines is 1. The van der Waals surface area contributed by atoms with Crippen LogP contribution in [0.2, 0.25) is 0 Å². The summed E-state index contributed by atoms with van der Waals surface area (Å²) in [6.07, 6.45) is 0.220. The van der Waals surface area contributed by atoms with Crippen LogP contribution in [0.1, 0.15) is 43.5 Å². The number of nitrogens with one attached hydrogen (secondary N) is 1. The summed E-state index contributed by atoms with van der Waals surface area (Å²) < 4.78 is 5.57. The fraction of sp³-hybridized carbons (Fsp3) is 0.130. The molecule has 3 aromatic rings. The van der Waals surface area contributed by atoms with Gasteiger partial charge in [0.1, 0.15) is 6.10 Å². The lowest BCUT2D eigenvalue weighted by atomic mass is 9.93. The molecule has 1 amide bonds. The highest BCUT2D eigenvalue weighted by Gasteiger charge is 2.28. The molecule has 1 unspecified atom stereocenters. The van der Waals surface area contributed by atoms with Crippen molar-refractivity contribution in [2.75, 3.05) is 5.32 Å². The van der Waals surface area contributed by atoms with Gasteiger partial charge in [-0.3, -0.25) is 4.79 Å². The van der Waals surface area contributed by atoms with Gasteiger partial charge in [0.25, 0.3) is 5.91 Å². The molecule has 4 heteroatoms. The highest BCUT2D eigenvalue weighted by molar-refractivity contribution is 6.05. The lowest BCUT2D eigenvalue weighted by Gasteiger charge is -2.25. The fourth-order valence-corrected chi connectivity index (χ4v) is 3.30. The lowest BCUT2D eigenvalue weighted by molar-refractivity contribution is 0.0252. The number of fused-ring (bicyclic) bond motifs is 1. The molecule has 3 aromatic carbocycles. The molecule has 0 spiro atoms. The summed E-state index contributed by atoms with van der Waals surface area (Å²) in [4.78, 5) is 25.0. The van der Waals surface area contributed by atoms with Crippen molar-refractivity contribution in [2.24, 2.45) is 0 Å². The number of para-hydroxylation sites is 1. The SMILES string of the molecule is Cc1ccccc1NC(=O)c1ccc2c(c1)CC(c1ccccc1)OC2=O. The van der Waals surface area contributed by atoms with E-state index < -0.39 is 0 Å². The molecule has 1 atom stereocenters. The zero-order valence-corrected chi connectivity index (χ0v) is 14.9. The third-order valence-corrected chi connectivity index (χ3v) is 4.81. The smallest absolute Gasteiger partial charge is 0.339 e. The van der Waals surface area contributed by atoms with Crippen molar-refractivity contribution in [1.82, 2.24) is 0 Å². The van der Waals surface area contributed by atoms with E-state index >= 15 is 0 Å². The van der Waals surface area contributed by atoms with Crippen LogP contribution in [0.5, 0.6) is 0 Å². The molecule has 0 saturated heterocycles. The first kappa shape index (κ1) is 17.0. The van der Waals surface area contributed by atoms with Crippen molar-refractivity contribution in [3.63, 3.8) is 0 Å². The van der Waals surface area contributed by atoms with Crippen LogP contribution in [0.15, 0.2) is 72.8 Å². The number of hydrogen-bond acceptors (Lipinski definition) is 3. The van der Waals surface area contributed by atoms with Crippen LogP contribution in [-0.2, 0) is 11.2 Å². The van der Waals surface area contributed by atoms with Crippen LogP contribution >= 0.6 is 0 Å². The number of esters is 1. The molecule has 4 rings (SSSR count). The predicted octanol–water partition coefficient (Wildman–Crippen LogP) is 4.70. The normalized spacial score (nSPS) is 15.6. The first-order chi connectivity index (χ1) is 13.1. The Morgan fingerprint density at radius 3 is 2.52 bits per heavy atom. The van der Waals surface area contributed by atoms with Crippen molar-refractivity contribution in [1.29, 1.82) is 0 Å². The van der Waals surface area contributed by atoms with E-state index in [1.165, 1.54) is 0 Å². The highest BCUT2D eigenvalue weighted by Crippen LogP contribution is 2.31. The minimum atomic E-state index is -0.351. The number of carbonyl (C=O) groups excluding carboxylic acids is 2. The molecule has 0 radical (unpaired) electrons. The number of benzene rings is 3. The summed E-state index contributed by atoms with van der Waals surface area (Å²) in [7, 11) is 0. The molecule has 27 heavy (non-hydrogen) atoms. The third-order valence-electron chi connectivity index (χ3n) is 4.81. The van der Waals surface area contributed by atoms with Gasteiger partial charge in [-0.05, 0) is 47.9 Å². The Morgan fingerprint density at radius 1 is 1.00 bits per heavy atom. The van der Waals surface area contributed by atoms with Crippen LogP contribution in [0.25, 0.3) is 0 Å². The lowest BCUT2D eigenvalue weighted by Crippen LogP contribution is -2.23. The zero-order chi connectivity index (χ0) is 18.8. The Hall–Kier alpha value is -3.40. The summed E-state index contributed by atoms with van der Waals surface area (Å²) in [6.45, 7) is 1.95. The maximum Gasteiger partial charge on any atom is 0.339 e. The average Bonchev–Trinajstić information content (AvgIpc) is 2.70. The minimum absolute atomic E-state index is 0.192. The monoisotopic (exact) mass is 357 g/mol. The van der Waals surface area contributed by atoms with Crippen LogP contribution in [-0.4, -0.2) is 11.9 Å². The molecule has 0 saturated carbocycles. The number of amides is 1. The molecule has 134 valence electrons. The third kappa shape index (κ3) is 3.47. The standard InChI is InChI=1S/C23H19NO3/c1-15-7-5-6-10-20(15)24-22(25)17-11-12-19-18(13-17)14-21(27-23(19)26)16-8-3-2-4-9-16/h2-13,21H,14H2,1H3,(H,24,25). The molecule has 0 bridgehead atoms. The maximum atomic E-state index is 12.7. The number of carbonyl (C=O) groups is 2. The highest BCUT2D eigenvalue weighted by atomic mass is 16.5. The van der Waals surface area contributed by atoms with Crippen LogP contribution in [0.4, 0.5) is 5.69 Å². The molecule has 0 aliphatic carbocycles. The van der Waals surface area contributed by atoms with E-state index in [0.717, 1.165) is 22.4 Å². The van der Waals surface area contributed by atoms with Gasteiger partial charge in [-0.2, -0.15) is 0 Å². The van der Waals surface area contributed by atoms with Gasteiger partial charge in [0.05, 0.1) is 5.56 Å². The van der Waals surface area contributed by atoms with E-state index in [1.54, 1.807) is 18.2 Å². The van der Waals surface area contributed by atoms with Gasteiger partial charge in [-0.25, -0.2) is 4.79 Å². The topological polar surface area (TPSA) is 55.4 Å².